The fraction of sp³-hybridized carbons (Fsp3) is 0.211. The van der Waals surface area contributed by atoms with Crippen molar-refractivity contribution >= 4 is 23.7 Å². The number of aryl methyl sites for hydroxylation is 2. The SMILES string of the molecule is CNC(=O)c1cc(C)c(CNc2ccc(C)cc2)c(C(=O)O)c1.O=C=O. The quantitative estimate of drug-likeness (QED) is 0.758. The van der Waals surface area contributed by atoms with Gasteiger partial charge in [-0.3, -0.25) is 4.79 Å². The van der Waals surface area contributed by atoms with Crippen LogP contribution < -0.4 is 10.6 Å². The van der Waals surface area contributed by atoms with Crippen LogP contribution in [0.25, 0.3) is 0 Å². The first-order valence-electron chi connectivity index (χ1n) is 7.72. The Hall–Kier alpha value is -3.44. The second kappa shape index (κ2) is 9.76. The molecule has 0 heterocycles. The minimum atomic E-state index is -1.04. The molecule has 0 fully saturated rings. The van der Waals surface area contributed by atoms with Gasteiger partial charge >= 0.3 is 12.1 Å². The molecule has 7 nitrogen and oxygen atoms in total. The van der Waals surface area contributed by atoms with E-state index in [-0.39, 0.29) is 17.6 Å². The van der Waals surface area contributed by atoms with Gasteiger partial charge in [-0.1, -0.05) is 17.7 Å². The zero-order valence-electron chi connectivity index (χ0n) is 14.8. The largest absolute Gasteiger partial charge is 0.478 e. The molecule has 0 bridgehead atoms. The van der Waals surface area contributed by atoms with Crippen molar-refractivity contribution in [1.82, 2.24) is 5.32 Å². The molecule has 0 saturated carbocycles. The highest BCUT2D eigenvalue weighted by Gasteiger charge is 2.16. The third-order valence-electron chi connectivity index (χ3n) is 3.71. The summed E-state index contributed by atoms with van der Waals surface area (Å²) in [5, 5.41) is 15.2. The number of carbonyl (C=O) groups excluding carboxylic acids is 3. The van der Waals surface area contributed by atoms with E-state index in [1.165, 1.54) is 13.1 Å². The Labute approximate surface area is 151 Å². The van der Waals surface area contributed by atoms with Gasteiger partial charge in [0.05, 0.1) is 5.56 Å². The monoisotopic (exact) mass is 356 g/mol. The molecule has 0 spiro atoms. The number of hydrogen-bond donors (Lipinski definition) is 3. The number of benzene rings is 2. The molecule has 3 N–H and O–H groups in total. The molecule has 0 aliphatic heterocycles. The number of rotatable bonds is 5. The van der Waals surface area contributed by atoms with Gasteiger partial charge in [0.2, 0.25) is 0 Å². The summed E-state index contributed by atoms with van der Waals surface area (Å²) in [6.45, 7) is 4.20. The van der Waals surface area contributed by atoms with Gasteiger partial charge in [-0.25, -0.2) is 4.79 Å². The molecule has 0 aromatic heterocycles. The lowest BCUT2D eigenvalue weighted by molar-refractivity contribution is -0.191. The Morgan fingerprint density at radius 2 is 1.65 bits per heavy atom. The normalized spacial score (nSPS) is 9.35. The fourth-order valence-corrected chi connectivity index (χ4v) is 2.38. The van der Waals surface area contributed by atoms with E-state index in [4.69, 9.17) is 9.59 Å². The van der Waals surface area contributed by atoms with Crippen molar-refractivity contribution in [3.05, 3.63) is 64.2 Å². The van der Waals surface area contributed by atoms with E-state index < -0.39 is 5.97 Å². The zero-order chi connectivity index (χ0) is 19.7. The van der Waals surface area contributed by atoms with Crippen LogP contribution in [0.15, 0.2) is 36.4 Å². The summed E-state index contributed by atoms with van der Waals surface area (Å²) in [4.78, 5) is 39.5. The van der Waals surface area contributed by atoms with Crippen molar-refractivity contribution in [2.75, 3.05) is 12.4 Å². The lowest BCUT2D eigenvalue weighted by Crippen LogP contribution is -2.20. The summed E-state index contributed by atoms with van der Waals surface area (Å²) >= 11 is 0. The minimum Gasteiger partial charge on any atom is -0.478 e. The summed E-state index contributed by atoms with van der Waals surface area (Å²) in [7, 11) is 1.52. The number of carboxylic acids is 1. The average molecular weight is 356 g/mol. The molecule has 26 heavy (non-hydrogen) atoms. The second-order valence-corrected chi connectivity index (χ2v) is 5.51. The smallest absolute Gasteiger partial charge is 0.373 e. The molecule has 2 aromatic carbocycles. The summed E-state index contributed by atoms with van der Waals surface area (Å²) in [5.41, 5.74) is 4.01. The molecular formula is C19H20N2O5. The van der Waals surface area contributed by atoms with E-state index in [1.807, 2.05) is 38.1 Å². The van der Waals surface area contributed by atoms with Crippen LogP contribution in [0.1, 0.15) is 37.4 Å². The summed E-state index contributed by atoms with van der Waals surface area (Å²) < 4.78 is 0. The lowest BCUT2D eigenvalue weighted by atomic mass is 9.97. The highest BCUT2D eigenvalue weighted by Crippen LogP contribution is 2.20. The highest BCUT2D eigenvalue weighted by molar-refractivity contribution is 5.98. The van der Waals surface area contributed by atoms with Crippen molar-refractivity contribution < 1.29 is 24.3 Å². The van der Waals surface area contributed by atoms with Crippen LogP contribution in [0.5, 0.6) is 0 Å². The first-order chi connectivity index (χ1) is 12.3. The maximum absolute atomic E-state index is 11.7. The Morgan fingerprint density at radius 3 is 2.15 bits per heavy atom. The van der Waals surface area contributed by atoms with Crippen LogP contribution in [0, 0.1) is 13.8 Å². The Morgan fingerprint density at radius 1 is 1.08 bits per heavy atom. The summed E-state index contributed by atoms with van der Waals surface area (Å²) in [5.74, 6) is -1.34. The first kappa shape index (κ1) is 20.6. The Balaban J connectivity index is 0.00000105. The summed E-state index contributed by atoms with van der Waals surface area (Å²) in [6.07, 6.45) is 0.250. The maximum atomic E-state index is 11.7. The fourth-order valence-electron chi connectivity index (χ4n) is 2.38. The Bertz CT molecular complexity index is 823. The third kappa shape index (κ3) is 5.58. The van der Waals surface area contributed by atoms with E-state index >= 15 is 0 Å². The molecule has 2 aromatic rings. The molecule has 1 amide bonds. The van der Waals surface area contributed by atoms with Crippen molar-refractivity contribution in [2.24, 2.45) is 0 Å². The Kier molecular flexibility index (Phi) is 7.73. The average Bonchev–Trinajstić information content (AvgIpc) is 2.61. The molecule has 0 saturated heterocycles. The lowest BCUT2D eigenvalue weighted by Gasteiger charge is -2.14. The predicted molar refractivity (Wildman–Crippen MR) is 95.0 cm³/mol. The number of carbonyl (C=O) groups is 2. The second-order valence-electron chi connectivity index (χ2n) is 5.51. The molecule has 7 heteroatoms. The van der Waals surface area contributed by atoms with Gasteiger partial charge in [-0.2, -0.15) is 9.59 Å². The number of anilines is 1. The van der Waals surface area contributed by atoms with Crippen LogP contribution in [-0.4, -0.2) is 30.2 Å². The summed E-state index contributed by atoms with van der Waals surface area (Å²) in [6, 6.07) is 11.0. The minimum absolute atomic E-state index is 0.142. The van der Waals surface area contributed by atoms with E-state index in [0.717, 1.165) is 16.8 Å². The number of hydrogen-bond acceptors (Lipinski definition) is 5. The molecule has 0 aliphatic carbocycles. The third-order valence-corrected chi connectivity index (χ3v) is 3.71. The predicted octanol–water partition coefficient (Wildman–Crippen LogP) is 2.39. The number of carboxylic acid groups (broad SMARTS) is 1. The van der Waals surface area contributed by atoms with Gasteiger partial charge in [0.25, 0.3) is 5.91 Å². The van der Waals surface area contributed by atoms with E-state index in [2.05, 4.69) is 10.6 Å². The molecule has 2 rings (SSSR count). The number of nitrogens with one attached hydrogen (secondary N) is 2. The number of amides is 1. The van der Waals surface area contributed by atoms with E-state index in [0.29, 0.717) is 17.7 Å². The molecule has 136 valence electrons. The maximum Gasteiger partial charge on any atom is 0.373 e. The van der Waals surface area contributed by atoms with E-state index in [1.54, 1.807) is 6.07 Å². The van der Waals surface area contributed by atoms with Crippen LogP contribution >= 0.6 is 0 Å². The topological polar surface area (TPSA) is 113 Å². The highest BCUT2D eigenvalue weighted by atomic mass is 16.4. The van der Waals surface area contributed by atoms with E-state index in [9.17, 15) is 14.7 Å². The van der Waals surface area contributed by atoms with Gasteiger partial charge in [0.1, 0.15) is 0 Å². The van der Waals surface area contributed by atoms with Gasteiger partial charge in [0.15, 0.2) is 0 Å². The van der Waals surface area contributed by atoms with Crippen molar-refractivity contribution in [1.29, 1.82) is 0 Å². The van der Waals surface area contributed by atoms with Crippen LogP contribution in [0.3, 0.4) is 0 Å². The molecule has 0 atom stereocenters. The van der Waals surface area contributed by atoms with Gasteiger partial charge in [-0.05, 0) is 49.2 Å². The van der Waals surface area contributed by atoms with Crippen molar-refractivity contribution in [3.8, 4) is 0 Å². The van der Waals surface area contributed by atoms with Gasteiger partial charge in [-0.15, -0.1) is 0 Å². The van der Waals surface area contributed by atoms with Crippen LogP contribution in [0.4, 0.5) is 5.69 Å². The van der Waals surface area contributed by atoms with Crippen LogP contribution in [-0.2, 0) is 16.1 Å². The molecule has 0 aliphatic rings. The molecule has 0 radical (unpaired) electrons. The van der Waals surface area contributed by atoms with Gasteiger partial charge < -0.3 is 15.7 Å². The van der Waals surface area contributed by atoms with Crippen molar-refractivity contribution in [3.63, 3.8) is 0 Å². The standard InChI is InChI=1S/C18H20N2O3.CO2/c1-11-4-6-14(7-5-11)20-10-16-12(2)8-13(17(21)19-3)9-15(16)18(22)23;2-1-3/h4-9,20H,10H2,1-3H3,(H,19,21)(H,22,23);. The van der Waals surface area contributed by atoms with Crippen LogP contribution in [0.2, 0.25) is 0 Å². The van der Waals surface area contributed by atoms with Crippen molar-refractivity contribution in [2.45, 2.75) is 20.4 Å². The molecule has 0 unspecified atom stereocenters. The first-order valence-corrected chi connectivity index (χ1v) is 7.72. The number of aromatic carboxylic acids is 1. The molecular weight excluding hydrogens is 336 g/mol. The zero-order valence-corrected chi connectivity index (χ0v) is 14.8. The van der Waals surface area contributed by atoms with Gasteiger partial charge in [0, 0.05) is 24.8 Å².